The first-order chi connectivity index (χ1) is 11.3. The summed E-state index contributed by atoms with van der Waals surface area (Å²) in [6.45, 7) is 11.7. The van der Waals surface area contributed by atoms with Crippen LogP contribution in [0.1, 0.15) is 53.4 Å². The summed E-state index contributed by atoms with van der Waals surface area (Å²) < 4.78 is 5.25. The van der Waals surface area contributed by atoms with Crippen LogP contribution in [0.5, 0.6) is 0 Å². The van der Waals surface area contributed by atoms with Crippen LogP contribution in [0.2, 0.25) is 0 Å². The minimum atomic E-state index is -0.278. The molecule has 2 fully saturated rings. The number of ether oxygens (including phenoxy) is 1. The normalized spacial score (nSPS) is 28.5. The monoisotopic (exact) mass is 333 g/mol. The second kappa shape index (κ2) is 7.57. The average molecular weight is 333 g/mol. The van der Waals surface area contributed by atoms with E-state index in [1.165, 1.54) is 6.42 Å². The van der Waals surface area contributed by atoms with E-state index in [1.54, 1.807) is 6.20 Å². The summed E-state index contributed by atoms with van der Waals surface area (Å²) in [6, 6.07) is 2.51. The molecule has 1 heterocycles. The number of hydrogen-bond acceptors (Lipinski definition) is 4. The molecule has 0 spiro atoms. The van der Waals surface area contributed by atoms with E-state index < -0.39 is 0 Å². The number of likely N-dealkylation sites (tertiary alicyclic amines) is 1. The van der Waals surface area contributed by atoms with E-state index >= 15 is 0 Å². The van der Waals surface area contributed by atoms with Crippen LogP contribution < -0.4 is 5.32 Å². The molecule has 2 rings (SSSR count). The fourth-order valence-electron chi connectivity index (χ4n) is 4.57. The number of carbonyl (C=O) groups excluding carboxylic acids is 1. The minimum absolute atomic E-state index is 0.209. The maximum Gasteiger partial charge on any atom is 0.263 e. The van der Waals surface area contributed by atoms with Gasteiger partial charge in [0.15, 0.2) is 0 Å². The van der Waals surface area contributed by atoms with E-state index in [0.29, 0.717) is 31.2 Å². The summed E-state index contributed by atoms with van der Waals surface area (Å²) in [7, 11) is 0. The molecule has 2 atom stereocenters. The number of hydrogen-bond donors (Lipinski definition) is 1. The van der Waals surface area contributed by atoms with Crippen molar-refractivity contribution in [2.24, 2.45) is 10.8 Å². The SMILES string of the molecule is CCOCCCNC(=O)/C(C#N)=C\N1CC2(C)CC1CC(C)(C)C2. The smallest absolute Gasteiger partial charge is 0.263 e. The van der Waals surface area contributed by atoms with Crippen LogP contribution in [-0.2, 0) is 9.53 Å². The van der Waals surface area contributed by atoms with Gasteiger partial charge in [0.2, 0.25) is 0 Å². The van der Waals surface area contributed by atoms with Crippen molar-refractivity contribution < 1.29 is 9.53 Å². The second-order valence-electron chi connectivity index (χ2n) is 8.35. The van der Waals surface area contributed by atoms with Gasteiger partial charge < -0.3 is 15.0 Å². The van der Waals surface area contributed by atoms with Gasteiger partial charge in [0, 0.05) is 38.5 Å². The third kappa shape index (κ3) is 4.73. The Morgan fingerprint density at radius 1 is 1.42 bits per heavy atom. The highest BCUT2D eigenvalue weighted by Gasteiger charge is 2.48. The molecule has 0 aromatic carbocycles. The Balaban J connectivity index is 1.96. The van der Waals surface area contributed by atoms with Gasteiger partial charge >= 0.3 is 0 Å². The number of fused-ring (bicyclic) bond motifs is 2. The van der Waals surface area contributed by atoms with Crippen molar-refractivity contribution in [2.75, 3.05) is 26.3 Å². The second-order valence-corrected chi connectivity index (χ2v) is 8.35. The molecule has 1 aliphatic heterocycles. The lowest BCUT2D eigenvalue weighted by atomic mass is 9.65. The summed E-state index contributed by atoms with van der Waals surface area (Å²) in [5.41, 5.74) is 0.826. The van der Waals surface area contributed by atoms with Gasteiger partial charge in [-0.25, -0.2) is 0 Å². The molecule has 2 aliphatic rings. The van der Waals surface area contributed by atoms with Crippen LogP contribution >= 0.6 is 0 Å². The molecule has 134 valence electrons. The first-order valence-electron chi connectivity index (χ1n) is 9.02. The van der Waals surface area contributed by atoms with Gasteiger partial charge in [0.05, 0.1) is 0 Å². The number of carbonyl (C=O) groups is 1. The molecular weight excluding hydrogens is 302 g/mol. The highest BCUT2D eigenvalue weighted by atomic mass is 16.5. The third-order valence-corrected chi connectivity index (χ3v) is 5.07. The standard InChI is InChI=1S/C19H31N3O2/c1-5-24-8-6-7-21-17(23)15(11-20)12-22-14-19(4)10-16(22)9-18(2,3)13-19/h12,16H,5-10,13-14H2,1-4H3,(H,21,23)/b15-12-. The molecule has 1 saturated heterocycles. The largest absolute Gasteiger partial charge is 0.382 e. The van der Waals surface area contributed by atoms with Crippen LogP contribution in [0, 0.1) is 22.2 Å². The van der Waals surface area contributed by atoms with E-state index in [0.717, 1.165) is 25.8 Å². The zero-order chi connectivity index (χ0) is 17.8. The van der Waals surface area contributed by atoms with E-state index in [9.17, 15) is 10.1 Å². The molecule has 0 aromatic rings. The van der Waals surface area contributed by atoms with Crippen LogP contribution in [0.15, 0.2) is 11.8 Å². The van der Waals surface area contributed by atoms with Gasteiger partial charge in [-0.1, -0.05) is 20.8 Å². The van der Waals surface area contributed by atoms with Crippen molar-refractivity contribution in [3.63, 3.8) is 0 Å². The lowest BCUT2D eigenvalue weighted by molar-refractivity contribution is -0.117. The molecule has 1 saturated carbocycles. The van der Waals surface area contributed by atoms with Crippen LogP contribution in [0.25, 0.3) is 0 Å². The molecule has 1 N–H and O–H groups in total. The van der Waals surface area contributed by atoms with Crippen molar-refractivity contribution in [2.45, 2.75) is 59.4 Å². The molecule has 2 unspecified atom stereocenters. The molecule has 0 aromatic heterocycles. The van der Waals surface area contributed by atoms with E-state index in [4.69, 9.17) is 4.74 Å². The molecule has 1 aliphatic carbocycles. The maximum atomic E-state index is 12.2. The average Bonchev–Trinajstić information content (AvgIpc) is 2.72. The molecule has 0 radical (unpaired) electrons. The predicted octanol–water partition coefficient (Wildman–Crippen LogP) is 2.84. The molecule has 5 heteroatoms. The van der Waals surface area contributed by atoms with Gasteiger partial charge in [-0.3, -0.25) is 4.79 Å². The summed E-state index contributed by atoms with van der Waals surface area (Å²) in [5.74, 6) is -0.278. The molecule has 5 nitrogen and oxygen atoms in total. The van der Waals surface area contributed by atoms with Crippen LogP contribution in [0.4, 0.5) is 0 Å². The van der Waals surface area contributed by atoms with Crippen LogP contribution in [0.3, 0.4) is 0 Å². The van der Waals surface area contributed by atoms with Crippen molar-refractivity contribution in [1.82, 2.24) is 10.2 Å². The number of nitrogens with zero attached hydrogens (tertiary/aromatic N) is 2. The van der Waals surface area contributed by atoms with Gasteiger partial charge in [-0.2, -0.15) is 5.26 Å². The number of nitriles is 1. The van der Waals surface area contributed by atoms with Crippen LogP contribution in [-0.4, -0.2) is 43.2 Å². The topological polar surface area (TPSA) is 65.4 Å². The Morgan fingerprint density at radius 3 is 2.83 bits per heavy atom. The minimum Gasteiger partial charge on any atom is -0.382 e. The highest BCUT2D eigenvalue weighted by molar-refractivity contribution is 5.97. The summed E-state index contributed by atoms with van der Waals surface area (Å²) in [6.07, 6.45) is 6.02. The van der Waals surface area contributed by atoms with Crippen molar-refractivity contribution >= 4 is 5.91 Å². The fraction of sp³-hybridized carbons (Fsp3) is 0.789. The summed E-state index contributed by atoms with van der Waals surface area (Å²) in [5, 5.41) is 12.2. The Labute approximate surface area is 146 Å². The summed E-state index contributed by atoms with van der Waals surface area (Å²) in [4.78, 5) is 14.5. The van der Waals surface area contributed by atoms with Gasteiger partial charge in [-0.15, -0.1) is 0 Å². The Morgan fingerprint density at radius 2 is 2.17 bits per heavy atom. The Kier molecular flexibility index (Phi) is 5.92. The molecular formula is C19H31N3O2. The first kappa shape index (κ1) is 18.8. The number of rotatable bonds is 7. The van der Waals surface area contributed by atoms with E-state index in [2.05, 4.69) is 37.1 Å². The highest BCUT2D eigenvalue weighted by Crippen LogP contribution is 2.52. The van der Waals surface area contributed by atoms with Crippen molar-refractivity contribution in [3.8, 4) is 6.07 Å². The molecule has 2 bridgehead atoms. The molecule has 1 amide bonds. The first-order valence-corrected chi connectivity index (χ1v) is 9.02. The predicted molar refractivity (Wildman–Crippen MR) is 94.0 cm³/mol. The van der Waals surface area contributed by atoms with E-state index in [1.807, 2.05) is 6.92 Å². The Hall–Kier alpha value is -1.54. The Bertz CT molecular complexity index is 535. The van der Waals surface area contributed by atoms with Gasteiger partial charge in [0.25, 0.3) is 5.91 Å². The van der Waals surface area contributed by atoms with Crippen molar-refractivity contribution in [1.29, 1.82) is 5.26 Å². The van der Waals surface area contributed by atoms with Gasteiger partial charge in [-0.05, 0) is 43.4 Å². The van der Waals surface area contributed by atoms with Crippen molar-refractivity contribution in [3.05, 3.63) is 11.8 Å². The maximum absolute atomic E-state index is 12.2. The zero-order valence-corrected chi connectivity index (χ0v) is 15.5. The fourth-order valence-corrected chi connectivity index (χ4v) is 4.57. The van der Waals surface area contributed by atoms with E-state index in [-0.39, 0.29) is 16.9 Å². The number of nitrogens with one attached hydrogen (secondary N) is 1. The number of amides is 1. The third-order valence-electron chi connectivity index (χ3n) is 5.07. The lowest BCUT2D eigenvalue weighted by Gasteiger charge is -2.39. The van der Waals surface area contributed by atoms with Gasteiger partial charge in [0.1, 0.15) is 11.6 Å². The molecule has 24 heavy (non-hydrogen) atoms. The zero-order valence-electron chi connectivity index (χ0n) is 15.5. The quantitative estimate of drug-likeness (QED) is 0.442. The summed E-state index contributed by atoms with van der Waals surface area (Å²) >= 11 is 0. The lowest BCUT2D eigenvalue weighted by Crippen LogP contribution is -2.34.